The largest absolute Gasteiger partial charge is 0.462 e. The van der Waals surface area contributed by atoms with Crippen LogP contribution < -0.4 is 10.6 Å². The zero-order valence-corrected chi connectivity index (χ0v) is 20.6. The van der Waals surface area contributed by atoms with Gasteiger partial charge < -0.3 is 20.1 Å². The molecule has 174 valence electrons. The highest BCUT2D eigenvalue weighted by atomic mass is 16.6. The molecule has 2 N–H and O–H groups in total. The second-order valence-electron chi connectivity index (χ2n) is 12.1. The van der Waals surface area contributed by atoms with Gasteiger partial charge in [0.25, 0.3) is 0 Å². The van der Waals surface area contributed by atoms with Crippen molar-refractivity contribution in [3.63, 3.8) is 0 Å². The van der Waals surface area contributed by atoms with Gasteiger partial charge in [0.2, 0.25) is 0 Å². The molecule has 0 aromatic heterocycles. The Morgan fingerprint density at radius 3 is 1.50 bits per heavy atom. The molecular formula is C24H44N2O4. The van der Waals surface area contributed by atoms with Crippen LogP contribution in [0.2, 0.25) is 0 Å². The summed E-state index contributed by atoms with van der Waals surface area (Å²) in [6.45, 7) is 19.0. The lowest BCUT2D eigenvalue weighted by atomic mass is 9.81. The van der Waals surface area contributed by atoms with Gasteiger partial charge in [-0.05, 0) is 61.8 Å². The van der Waals surface area contributed by atoms with E-state index in [4.69, 9.17) is 9.47 Å². The Balaban J connectivity index is 1.92. The molecule has 0 aliphatic carbocycles. The Bertz CT molecular complexity index is 607. The van der Waals surface area contributed by atoms with Crippen molar-refractivity contribution in [1.29, 1.82) is 0 Å². The first kappa shape index (κ1) is 25.1. The van der Waals surface area contributed by atoms with Crippen LogP contribution in [0.25, 0.3) is 0 Å². The maximum atomic E-state index is 12.8. The summed E-state index contributed by atoms with van der Waals surface area (Å²) in [7, 11) is 0. The van der Waals surface area contributed by atoms with Crippen LogP contribution in [0, 0.1) is 5.92 Å². The SMILES string of the molecule is CCC(CC(=O)OC1CC(C)(C)NC(C)(C)C1)C(=O)OC1CC(C)(C)NC(C)(C)C1. The molecule has 2 aliphatic heterocycles. The van der Waals surface area contributed by atoms with Crippen molar-refractivity contribution in [2.75, 3.05) is 0 Å². The van der Waals surface area contributed by atoms with E-state index < -0.39 is 5.92 Å². The van der Waals surface area contributed by atoms with Crippen molar-refractivity contribution in [1.82, 2.24) is 10.6 Å². The second-order valence-corrected chi connectivity index (χ2v) is 12.1. The number of hydrogen-bond donors (Lipinski definition) is 2. The lowest BCUT2D eigenvalue weighted by Gasteiger charge is -2.46. The third-order valence-corrected chi connectivity index (χ3v) is 6.13. The number of ether oxygens (including phenoxy) is 2. The lowest BCUT2D eigenvalue weighted by Crippen LogP contribution is -2.60. The summed E-state index contributed by atoms with van der Waals surface area (Å²) in [6.07, 6.45) is 3.44. The van der Waals surface area contributed by atoms with Crippen LogP contribution in [0.4, 0.5) is 0 Å². The van der Waals surface area contributed by atoms with Gasteiger partial charge in [0.1, 0.15) is 12.2 Å². The molecule has 2 fully saturated rings. The molecule has 2 heterocycles. The smallest absolute Gasteiger partial charge is 0.309 e. The first-order valence-electron chi connectivity index (χ1n) is 11.5. The average Bonchev–Trinajstić information content (AvgIpc) is 2.45. The fraction of sp³-hybridized carbons (Fsp3) is 0.917. The molecule has 0 spiro atoms. The highest BCUT2D eigenvalue weighted by molar-refractivity contribution is 5.80. The lowest BCUT2D eigenvalue weighted by molar-refractivity contribution is -0.165. The van der Waals surface area contributed by atoms with Gasteiger partial charge in [0.05, 0.1) is 12.3 Å². The van der Waals surface area contributed by atoms with Gasteiger partial charge in [0, 0.05) is 47.8 Å². The average molecular weight is 425 g/mol. The third kappa shape index (κ3) is 7.52. The molecule has 2 saturated heterocycles. The number of nitrogens with one attached hydrogen (secondary N) is 2. The number of rotatable bonds is 6. The first-order chi connectivity index (χ1) is 13.5. The maximum absolute atomic E-state index is 12.8. The summed E-state index contributed by atoms with van der Waals surface area (Å²) in [5.41, 5.74) is -0.376. The molecule has 0 aromatic carbocycles. The van der Waals surface area contributed by atoms with Gasteiger partial charge >= 0.3 is 11.9 Å². The van der Waals surface area contributed by atoms with Gasteiger partial charge in [-0.2, -0.15) is 0 Å². The summed E-state index contributed by atoms with van der Waals surface area (Å²) < 4.78 is 11.7. The van der Waals surface area contributed by atoms with Crippen LogP contribution >= 0.6 is 0 Å². The summed E-state index contributed by atoms with van der Waals surface area (Å²) in [4.78, 5) is 25.5. The number of esters is 2. The summed E-state index contributed by atoms with van der Waals surface area (Å²) in [5.74, 6) is -1.04. The minimum Gasteiger partial charge on any atom is -0.462 e. The zero-order valence-electron chi connectivity index (χ0n) is 20.6. The van der Waals surface area contributed by atoms with Crippen LogP contribution in [-0.4, -0.2) is 46.3 Å². The molecular weight excluding hydrogens is 380 g/mol. The number of carbonyl (C=O) groups excluding carboxylic acids is 2. The van der Waals surface area contributed by atoms with Gasteiger partial charge in [0.15, 0.2) is 0 Å². The molecule has 30 heavy (non-hydrogen) atoms. The Morgan fingerprint density at radius 2 is 1.13 bits per heavy atom. The standard InChI is InChI=1S/C24H44N2O4/c1-10-16(20(28)30-18-14-23(6,7)26-24(8,9)15-18)11-19(27)29-17-12-21(2,3)25-22(4,5)13-17/h16-18,25-26H,10-15H2,1-9H3. The monoisotopic (exact) mass is 424 g/mol. The van der Waals surface area contributed by atoms with Crippen molar-refractivity contribution in [2.45, 2.75) is 135 Å². The molecule has 0 bridgehead atoms. The Kier molecular flexibility index (Phi) is 7.35. The normalized spacial score (nSPS) is 26.6. The van der Waals surface area contributed by atoms with E-state index in [0.29, 0.717) is 6.42 Å². The van der Waals surface area contributed by atoms with Crippen LogP contribution in [0.3, 0.4) is 0 Å². The third-order valence-electron chi connectivity index (χ3n) is 6.13. The van der Waals surface area contributed by atoms with Crippen molar-refractivity contribution in [2.24, 2.45) is 5.92 Å². The van der Waals surface area contributed by atoms with Crippen LogP contribution in [0.1, 0.15) is 101 Å². The van der Waals surface area contributed by atoms with E-state index in [1.165, 1.54) is 0 Å². The van der Waals surface area contributed by atoms with E-state index in [1.807, 2.05) is 6.92 Å². The van der Waals surface area contributed by atoms with Gasteiger partial charge in [-0.25, -0.2) is 0 Å². The van der Waals surface area contributed by atoms with Crippen LogP contribution in [0.5, 0.6) is 0 Å². The first-order valence-corrected chi connectivity index (χ1v) is 11.5. The van der Waals surface area contributed by atoms with Crippen molar-refractivity contribution < 1.29 is 19.1 Å². The van der Waals surface area contributed by atoms with Gasteiger partial charge in [-0.3, -0.25) is 9.59 Å². The van der Waals surface area contributed by atoms with E-state index in [1.54, 1.807) is 0 Å². The highest BCUT2D eigenvalue weighted by Gasteiger charge is 2.41. The molecule has 0 amide bonds. The minimum atomic E-state index is -0.457. The predicted molar refractivity (Wildman–Crippen MR) is 119 cm³/mol. The predicted octanol–water partition coefficient (Wildman–Crippen LogP) is 4.11. The molecule has 1 atom stereocenters. The van der Waals surface area contributed by atoms with Gasteiger partial charge in [-0.15, -0.1) is 0 Å². The Morgan fingerprint density at radius 1 is 0.767 bits per heavy atom. The number of hydrogen-bond acceptors (Lipinski definition) is 6. The molecule has 0 aromatic rings. The second kappa shape index (κ2) is 8.78. The number of carbonyl (C=O) groups is 2. The fourth-order valence-corrected chi connectivity index (χ4v) is 5.71. The molecule has 1 unspecified atom stereocenters. The Labute approximate surface area is 183 Å². The molecule has 2 aliphatic rings. The van der Waals surface area contributed by atoms with Crippen molar-refractivity contribution in [3.8, 4) is 0 Å². The molecule has 0 saturated carbocycles. The topological polar surface area (TPSA) is 76.7 Å². The fourth-order valence-electron chi connectivity index (χ4n) is 5.71. The van der Waals surface area contributed by atoms with E-state index >= 15 is 0 Å². The van der Waals surface area contributed by atoms with E-state index in [9.17, 15) is 9.59 Å². The molecule has 0 radical (unpaired) electrons. The zero-order chi connectivity index (χ0) is 23.0. The van der Waals surface area contributed by atoms with Crippen LogP contribution in [-0.2, 0) is 19.1 Å². The minimum absolute atomic E-state index is 0.0812. The van der Waals surface area contributed by atoms with Gasteiger partial charge in [-0.1, -0.05) is 6.92 Å². The summed E-state index contributed by atoms with van der Waals surface area (Å²) in [5, 5.41) is 7.19. The maximum Gasteiger partial charge on any atom is 0.309 e. The summed E-state index contributed by atoms with van der Waals surface area (Å²) >= 11 is 0. The van der Waals surface area contributed by atoms with E-state index in [0.717, 1.165) is 25.7 Å². The van der Waals surface area contributed by atoms with E-state index in [2.05, 4.69) is 66.0 Å². The molecule has 6 nitrogen and oxygen atoms in total. The van der Waals surface area contributed by atoms with Crippen molar-refractivity contribution >= 4 is 11.9 Å². The Hall–Kier alpha value is -1.14. The summed E-state index contributed by atoms with van der Waals surface area (Å²) in [6, 6.07) is 0. The van der Waals surface area contributed by atoms with Crippen LogP contribution in [0.15, 0.2) is 0 Å². The van der Waals surface area contributed by atoms with Crippen molar-refractivity contribution in [3.05, 3.63) is 0 Å². The molecule has 2 rings (SSSR count). The number of piperidine rings is 2. The quantitative estimate of drug-likeness (QED) is 0.625. The highest BCUT2D eigenvalue weighted by Crippen LogP contribution is 2.32. The van der Waals surface area contributed by atoms with E-state index in [-0.39, 0.29) is 52.7 Å². The molecule has 6 heteroatoms.